The summed E-state index contributed by atoms with van der Waals surface area (Å²) in [5.41, 5.74) is 0. The summed E-state index contributed by atoms with van der Waals surface area (Å²) in [5.74, 6) is 1.98. The molecule has 1 saturated carbocycles. The Labute approximate surface area is 90.7 Å². The Morgan fingerprint density at radius 3 is 2.67 bits per heavy atom. The monoisotopic (exact) mass is 206 g/mol. The lowest BCUT2D eigenvalue weighted by molar-refractivity contribution is -0.113. The fourth-order valence-corrected chi connectivity index (χ4v) is 3.18. The van der Waals surface area contributed by atoms with Crippen LogP contribution < -0.4 is 0 Å². The van der Waals surface area contributed by atoms with Gasteiger partial charge in [0.05, 0.1) is 0 Å². The molecule has 0 heterocycles. The predicted molar refractivity (Wildman–Crippen MR) is 58.3 cm³/mol. The van der Waals surface area contributed by atoms with Crippen molar-refractivity contribution in [1.29, 1.82) is 0 Å². The molecule has 82 valence electrons. The van der Waals surface area contributed by atoms with Gasteiger partial charge in [-0.3, -0.25) is 0 Å². The van der Waals surface area contributed by atoms with Crippen LogP contribution in [0.25, 0.3) is 0 Å². The summed E-state index contributed by atoms with van der Waals surface area (Å²) in [6, 6.07) is 0. The maximum Gasteiger partial charge on any atom is 0.123 e. The molecular weight excluding hydrogens is 188 g/mol. The van der Waals surface area contributed by atoms with Gasteiger partial charge in [-0.15, -0.1) is 0 Å². The largest absolute Gasteiger partial charge is 0.303 e. The second-order valence-electron chi connectivity index (χ2n) is 4.78. The van der Waals surface area contributed by atoms with E-state index in [1.54, 1.807) is 0 Å². The Morgan fingerprint density at radius 1 is 1.13 bits per heavy atom. The van der Waals surface area contributed by atoms with Gasteiger partial charge in [0.1, 0.15) is 12.6 Å². The Morgan fingerprint density at radius 2 is 1.93 bits per heavy atom. The number of rotatable bonds is 6. The highest BCUT2D eigenvalue weighted by molar-refractivity contribution is 5.57. The molecule has 0 aromatic heterocycles. The highest BCUT2D eigenvalue weighted by atomic mass is 16.1. The van der Waals surface area contributed by atoms with Crippen molar-refractivity contribution in [2.24, 2.45) is 23.7 Å². The molecule has 0 radical (unpaired) electrons. The number of aldehydes is 2. The number of hydrogen-bond donors (Lipinski definition) is 0. The zero-order valence-corrected chi connectivity index (χ0v) is 8.97. The Balaban J connectivity index is 1.83. The van der Waals surface area contributed by atoms with Gasteiger partial charge in [-0.25, -0.2) is 0 Å². The summed E-state index contributed by atoms with van der Waals surface area (Å²) in [6.07, 6.45) is 11.7. The van der Waals surface area contributed by atoms with Crippen LogP contribution in [0.4, 0.5) is 0 Å². The van der Waals surface area contributed by atoms with Crippen LogP contribution in [0.5, 0.6) is 0 Å². The fourth-order valence-electron chi connectivity index (χ4n) is 3.18. The lowest BCUT2D eigenvalue weighted by Gasteiger charge is -2.23. The molecular formula is C13H18O2. The number of allylic oxidation sites excluding steroid dienone is 2. The summed E-state index contributed by atoms with van der Waals surface area (Å²) >= 11 is 0. The number of fused-ring (bicyclic) bond motifs is 2. The summed E-state index contributed by atoms with van der Waals surface area (Å²) in [6.45, 7) is 0. The average Bonchev–Trinajstić information content (AvgIpc) is 2.84. The highest BCUT2D eigenvalue weighted by Gasteiger charge is 2.43. The third-order valence-corrected chi connectivity index (χ3v) is 3.96. The quantitative estimate of drug-likeness (QED) is 0.380. The van der Waals surface area contributed by atoms with Crippen LogP contribution in [0, 0.1) is 23.7 Å². The molecule has 2 nitrogen and oxygen atoms in total. The predicted octanol–water partition coefficient (Wildman–Crippen LogP) is 2.38. The first-order valence-electron chi connectivity index (χ1n) is 5.94. The summed E-state index contributed by atoms with van der Waals surface area (Å²) in [4.78, 5) is 21.2. The van der Waals surface area contributed by atoms with Crippen LogP contribution >= 0.6 is 0 Å². The van der Waals surface area contributed by atoms with Gasteiger partial charge in [-0.05, 0) is 37.0 Å². The molecule has 2 aliphatic rings. The van der Waals surface area contributed by atoms with Crippen LogP contribution in [-0.4, -0.2) is 12.6 Å². The first-order chi connectivity index (χ1) is 7.36. The molecule has 0 aromatic rings. The maximum absolute atomic E-state index is 11.0. The van der Waals surface area contributed by atoms with Crippen LogP contribution in [-0.2, 0) is 9.59 Å². The van der Waals surface area contributed by atoms with E-state index in [2.05, 4.69) is 12.2 Å². The molecule has 4 unspecified atom stereocenters. The molecule has 0 spiro atoms. The molecule has 0 amide bonds. The van der Waals surface area contributed by atoms with Crippen molar-refractivity contribution in [3.63, 3.8) is 0 Å². The molecule has 2 rings (SSSR count). The number of carbonyl (C=O) groups excluding carboxylic acids is 2. The van der Waals surface area contributed by atoms with Gasteiger partial charge in [-0.2, -0.15) is 0 Å². The van der Waals surface area contributed by atoms with E-state index in [4.69, 9.17) is 0 Å². The van der Waals surface area contributed by atoms with Crippen LogP contribution in [0.3, 0.4) is 0 Å². The van der Waals surface area contributed by atoms with Crippen molar-refractivity contribution in [1.82, 2.24) is 0 Å². The summed E-state index contributed by atoms with van der Waals surface area (Å²) < 4.78 is 0. The van der Waals surface area contributed by atoms with Gasteiger partial charge in [0.2, 0.25) is 0 Å². The molecule has 2 bridgehead atoms. The van der Waals surface area contributed by atoms with Crippen molar-refractivity contribution in [3.8, 4) is 0 Å². The van der Waals surface area contributed by atoms with Crippen molar-refractivity contribution >= 4 is 12.6 Å². The fraction of sp³-hybridized carbons (Fsp3) is 0.692. The molecule has 0 aromatic carbocycles. The van der Waals surface area contributed by atoms with E-state index in [0.29, 0.717) is 24.2 Å². The van der Waals surface area contributed by atoms with E-state index < -0.39 is 0 Å². The van der Waals surface area contributed by atoms with Gasteiger partial charge in [-0.1, -0.05) is 18.6 Å². The van der Waals surface area contributed by atoms with Gasteiger partial charge in [0.25, 0.3) is 0 Å². The minimum absolute atomic E-state index is 0.260. The van der Waals surface area contributed by atoms with Crippen molar-refractivity contribution < 1.29 is 9.59 Å². The molecule has 2 aliphatic carbocycles. The highest BCUT2D eigenvalue weighted by Crippen LogP contribution is 2.48. The van der Waals surface area contributed by atoms with Crippen LogP contribution in [0.2, 0.25) is 0 Å². The number of carbonyl (C=O) groups is 2. The second-order valence-corrected chi connectivity index (χ2v) is 4.78. The Bertz CT molecular complexity index is 270. The zero-order valence-electron chi connectivity index (χ0n) is 8.97. The van der Waals surface area contributed by atoms with E-state index in [1.807, 2.05) is 0 Å². The third kappa shape index (κ3) is 2.04. The lowest BCUT2D eigenvalue weighted by Crippen LogP contribution is -2.20. The molecule has 4 atom stereocenters. The van der Waals surface area contributed by atoms with Crippen LogP contribution in [0.1, 0.15) is 32.1 Å². The number of hydrogen-bond acceptors (Lipinski definition) is 2. The van der Waals surface area contributed by atoms with E-state index in [-0.39, 0.29) is 5.92 Å². The van der Waals surface area contributed by atoms with Crippen molar-refractivity contribution in [3.05, 3.63) is 12.2 Å². The van der Waals surface area contributed by atoms with Gasteiger partial charge in [0, 0.05) is 12.3 Å². The number of unbranched alkanes of at least 4 members (excludes halogenated alkanes) is 2. The summed E-state index contributed by atoms with van der Waals surface area (Å²) in [7, 11) is 0. The lowest BCUT2D eigenvalue weighted by atomic mass is 9.81. The third-order valence-electron chi connectivity index (χ3n) is 3.96. The van der Waals surface area contributed by atoms with E-state index in [9.17, 15) is 9.59 Å². The molecule has 15 heavy (non-hydrogen) atoms. The summed E-state index contributed by atoms with van der Waals surface area (Å²) in [5, 5.41) is 0. The standard InChI is InChI=1S/C13H18O2/c14-7-3-1-2-4-12-10-5-6-11(8-10)13(12)9-15/h5-7,9-13H,1-4,8H2. The first-order valence-corrected chi connectivity index (χ1v) is 5.94. The smallest absolute Gasteiger partial charge is 0.123 e. The average molecular weight is 206 g/mol. The molecule has 0 saturated heterocycles. The molecule has 1 fully saturated rings. The minimum Gasteiger partial charge on any atom is -0.303 e. The molecule has 0 N–H and O–H groups in total. The zero-order chi connectivity index (χ0) is 10.7. The van der Waals surface area contributed by atoms with E-state index >= 15 is 0 Å². The Hall–Kier alpha value is -0.920. The van der Waals surface area contributed by atoms with Crippen molar-refractivity contribution in [2.45, 2.75) is 32.1 Å². The first kappa shape index (κ1) is 10.6. The van der Waals surface area contributed by atoms with Crippen LogP contribution in [0.15, 0.2) is 12.2 Å². The molecule has 0 aliphatic heterocycles. The minimum atomic E-state index is 0.260. The SMILES string of the molecule is O=CCCCCC1C2C=CC(C2)C1C=O. The van der Waals surface area contributed by atoms with Gasteiger partial charge in [0.15, 0.2) is 0 Å². The van der Waals surface area contributed by atoms with E-state index in [1.165, 1.54) is 6.42 Å². The normalized spacial score (nSPS) is 37.1. The van der Waals surface area contributed by atoms with E-state index in [0.717, 1.165) is 31.8 Å². The van der Waals surface area contributed by atoms with Crippen molar-refractivity contribution in [2.75, 3.05) is 0 Å². The maximum atomic E-state index is 11.0. The second kappa shape index (κ2) is 4.73. The van der Waals surface area contributed by atoms with Gasteiger partial charge >= 0.3 is 0 Å². The topological polar surface area (TPSA) is 34.1 Å². The molecule has 2 heteroatoms. The Kier molecular flexibility index (Phi) is 3.34. The van der Waals surface area contributed by atoms with Gasteiger partial charge < -0.3 is 9.59 Å².